The Morgan fingerprint density at radius 3 is 2.67 bits per heavy atom. The first-order valence-corrected chi connectivity index (χ1v) is 9.28. The summed E-state index contributed by atoms with van der Waals surface area (Å²) >= 11 is 5.95. The lowest BCUT2D eigenvalue weighted by atomic mass is 9.84. The fraction of sp³-hybridized carbons (Fsp3) is 0.286. The Morgan fingerprint density at radius 2 is 1.96 bits per heavy atom. The Morgan fingerprint density at radius 1 is 1.22 bits per heavy atom. The lowest BCUT2D eigenvalue weighted by Crippen LogP contribution is -2.17. The van der Waals surface area contributed by atoms with Crippen LogP contribution in [0, 0.1) is 11.6 Å². The highest BCUT2D eigenvalue weighted by atomic mass is 35.5. The molecule has 1 aliphatic rings. The molecule has 0 saturated heterocycles. The van der Waals surface area contributed by atoms with Crippen molar-refractivity contribution in [3.05, 3.63) is 69.9 Å². The topological polar surface area (TPSA) is 42.2 Å². The molecular weight excluding hydrogens is 372 g/mol. The maximum Gasteiger partial charge on any atom is 0.304 e. The number of carboxylic acids is 1. The van der Waals surface area contributed by atoms with Crippen molar-refractivity contribution in [3.63, 3.8) is 0 Å². The van der Waals surface area contributed by atoms with Crippen molar-refractivity contribution in [3.8, 4) is 0 Å². The molecule has 0 unspecified atom stereocenters. The third-order valence-electron chi connectivity index (χ3n) is 5.26. The third kappa shape index (κ3) is 3.32. The number of aliphatic carboxylic acids is 1. The summed E-state index contributed by atoms with van der Waals surface area (Å²) in [7, 11) is 0. The van der Waals surface area contributed by atoms with Gasteiger partial charge in [0.1, 0.15) is 11.6 Å². The quantitative estimate of drug-likeness (QED) is 0.638. The summed E-state index contributed by atoms with van der Waals surface area (Å²) in [5.41, 5.74) is 2.95. The number of carboxylic acid groups (broad SMARTS) is 1. The first-order valence-electron chi connectivity index (χ1n) is 8.90. The molecule has 27 heavy (non-hydrogen) atoms. The van der Waals surface area contributed by atoms with Crippen LogP contribution < -0.4 is 0 Å². The number of hydrogen-bond acceptors (Lipinski definition) is 1. The first-order chi connectivity index (χ1) is 12.9. The Bertz CT molecular complexity index is 1030. The minimum Gasteiger partial charge on any atom is -0.481 e. The zero-order valence-electron chi connectivity index (χ0n) is 14.5. The second kappa shape index (κ2) is 6.97. The van der Waals surface area contributed by atoms with Gasteiger partial charge in [-0.2, -0.15) is 0 Å². The van der Waals surface area contributed by atoms with E-state index in [4.69, 9.17) is 11.6 Å². The molecule has 0 bridgehead atoms. The van der Waals surface area contributed by atoms with Gasteiger partial charge in [-0.25, -0.2) is 8.78 Å². The predicted molar refractivity (Wildman–Crippen MR) is 100 cm³/mol. The molecule has 1 heterocycles. The molecule has 1 atom stereocenters. The summed E-state index contributed by atoms with van der Waals surface area (Å²) < 4.78 is 30.5. The molecule has 0 saturated carbocycles. The first kappa shape index (κ1) is 18.0. The van der Waals surface area contributed by atoms with Crippen LogP contribution in [-0.2, 0) is 17.8 Å². The Balaban J connectivity index is 1.94. The van der Waals surface area contributed by atoms with E-state index in [2.05, 4.69) is 0 Å². The van der Waals surface area contributed by atoms with Gasteiger partial charge in [0.2, 0.25) is 0 Å². The number of hydrogen-bond donors (Lipinski definition) is 1. The monoisotopic (exact) mass is 389 g/mol. The van der Waals surface area contributed by atoms with Crippen molar-refractivity contribution in [1.82, 2.24) is 4.57 Å². The van der Waals surface area contributed by atoms with Crippen LogP contribution in [0.25, 0.3) is 10.9 Å². The molecule has 1 aromatic heterocycles. The van der Waals surface area contributed by atoms with Crippen LogP contribution in [0.1, 0.15) is 42.0 Å². The number of halogens is 3. The van der Waals surface area contributed by atoms with Crippen LogP contribution in [0.3, 0.4) is 0 Å². The molecule has 0 radical (unpaired) electrons. The lowest BCUT2D eigenvalue weighted by Gasteiger charge is -2.24. The van der Waals surface area contributed by atoms with E-state index < -0.39 is 17.6 Å². The van der Waals surface area contributed by atoms with E-state index in [1.54, 1.807) is 12.1 Å². The number of nitrogens with zero attached hydrogens (tertiary/aromatic N) is 1. The van der Waals surface area contributed by atoms with Crippen LogP contribution in [-0.4, -0.2) is 15.6 Å². The Labute approximate surface area is 160 Å². The summed E-state index contributed by atoms with van der Waals surface area (Å²) in [6.45, 7) is 0.377. The lowest BCUT2D eigenvalue weighted by molar-refractivity contribution is -0.137. The van der Waals surface area contributed by atoms with Gasteiger partial charge in [0, 0.05) is 34.6 Å². The normalized spacial score (nSPS) is 16.5. The molecule has 1 aliphatic carbocycles. The van der Waals surface area contributed by atoms with Crippen LogP contribution in [0.2, 0.25) is 5.02 Å². The van der Waals surface area contributed by atoms with Gasteiger partial charge in [-0.15, -0.1) is 0 Å². The van der Waals surface area contributed by atoms with Crippen molar-refractivity contribution in [2.24, 2.45) is 0 Å². The number of carbonyl (C=O) groups is 1. The smallest absolute Gasteiger partial charge is 0.304 e. The van der Waals surface area contributed by atoms with E-state index in [1.165, 1.54) is 6.07 Å². The van der Waals surface area contributed by atoms with Gasteiger partial charge < -0.3 is 9.67 Å². The molecule has 1 N–H and O–H groups in total. The molecule has 0 fully saturated rings. The fourth-order valence-corrected chi connectivity index (χ4v) is 4.36. The average Bonchev–Trinajstić information content (AvgIpc) is 2.91. The highest BCUT2D eigenvalue weighted by Gasteiger charge is 2.30. The van der Waals surface area contributed by atoms with Crippen LogP contribution in [0.5, 0.6) is 0 Å². The molecule has 4 rings (SSSR count). The fourth-order valence-electron chi connectivity index (χ4n) is 4.23. The molecule has 0 spiro atoms. The van der Waals surface area contributed by atoms with Gasteiger partial charge in [-0.3, -0.25) is 4.79 Å². The number of aryl methyl sites for hydroxylation is 1. The summed E-state index contributed by atoms with van der Waals surface area (Å²) in [6.07, 6.45) is 2.20. The van der Waals surface area contributed by atoms with Gasteiger partial charge in [0.15, 0.2) is 0 Å². The van der Waals surface area contributed by atoms with Crippen molar-refractivity contribution in [1.29, 1.82) is 0 Å². The minimum absolute atomic E-state index is 0.0198. The van der Waals surface area contributed by atoms with Crippen LogP contribution >= 0.6 is 11.6 Å². The standard InChI is InChI=1S/C21H18ClF2NO2/c22-14-6-4-12(5-7-14)11-25-20-13(8-19(26)27)2-1-3-16(20)17-9-15(23)10-18(24)21(17)25/h4-7,9-10,13H,1-3,8,11H2,(H,26,27)/t13-/m0/s1. The van der Waals surface area contributed by atoms with Crippen molar-refractivity contribution >= 4 is 28.5 Å². The van der Waals surface area contributed by atoms with Crippen molar-refractivity contribution < 1.29 is 18.7 Å². The molecule has 0 aliphatic heterocycles. The second-order valence-corrected chi connectivity index (χ2v) is 7.48. The third-order valence-corrected chi connectivity index (χ3v) is 5.52. The van der Waals surface area contributed by atoms with Gasteiger partial charge >= 0.3 is 5.97 Å². The molecule has 3 nitrogen and oxygen atoms in total. The molecule has 2 aromatic carbocycles. The summed E-state index contributed by atoms with van der Waals surface area (Å²) in [6, 6.07) is 9.49. The zero-order valence-corrected chi connectivity index (χ0v) is 15.3. The summed E-state index contributed by atoms with van der Waals surface area (Å²) in [4.78, 5) is 11.4. The highest BCUT2D eigenvalue weighted by molar-refractivity contribution is 6.30. The molecule has 0 amide bonds. The SMILES string of the molecule is O=C(O)C[C@@H]1CCCc2c1n(Cc1ccc(Cl)cc1)c1c(F)cc(F)cc21. The van der Waals surface area contributed by atoms with Gasteiger partial charge in [-0.05, 0) is 48.6 Å². The summed E-state index contributed by atoms with van der Waals surface area (Å²) in [5.74, 6) is -2.34. The van der Waals surface area contributed by atoms with Gasteiger partial charge in [0.05, 0.1) is 11.9 Å². The van der Waals surface area contributed by atoms with E-state index in [1.807, 2.05) is 16.7 Å². The largest absolute Gasteiger partial charge is 0.481 e. The van der Waals surface area contributed by atoms with E-state index in [9.17, 15) is 18.7 Å². The van der Waals surface area contributed by atoms with Gasteiger partial charge in [-0.1, -0.05) is 23.7 Å². The van der Waals surface area contributed by atoms with E-state index in [0.29, 0.717) is 28.9 Å². The predicted octanol–water partition coefficient (Wildman–Crippen LogP) is 5.52. The average molecular weight is 390 g/mol. The van der Waals surface area contributed by atoms with Crippen molar-refractivity contribution in [2.75, 3.05) is 0 Å². The number of benzene rings is 2. The van der Waals surface area contributed by atoms with Crippen molar-refractivity contribution in [2.45, 2.75) is 38.1 Å². The highest BCUT2D eigenvalue weighted by Crippen LogP contribution is 2.41. The maximum atomic E-state index is 14.8. The number of aromatic nitrogens is 1. The second-order valence-electron chi connectivity index (χ2n) is 7.05. The van der Waals surface area contributed by atoms with E-state index in [0.717, 1.165) is 35.7 Å². The molecule has 3 aromatic rings. The zero-order chi connectivity index (χ0) is 19.1. The maximum absolute atomic E-state index is 14.8. The Kier molecular flexibility index (Phi) is 4.64. The number of rotatable bonds is 4. The van der Waals surface area contributed by atoms with Crippen LogP contribution in [0.4, 0.5) is 8.78 Å². The molecular formula is C21H18ClF2NO2. The molecule has 6 heteroatoms. The summed E-state index contributed by atoms with van der Waals surface area (Å²) in [5, 5.41) is 10.5. The van der Waals surface area contributed by atoms with Gasteiger partial charge in [0.25, 0.3) is 0 Å². The van der Waals surface area contributed by atoms with E-state index in [-0.39, 0.29) is 12.3 Å². The Hall–Kier alpha value is -2.40. The molecule has 140 valence electrons. The van der Waals surface area contributed by atoms with E-state index >= 15 is 0 Å². The van der Waals surface area contributed by atoms with Crippen LogP contribution in [0.15, 0.2) is 36.4 Å². The number of fused-ring (bicyclic) bond motifs is 3. The minimum atomic E-state index is -0.886.